The van der Waals surface area contributed by atoms with Crippen LogP contribution in [0, 0.1) is 11.7 Å². The molecule has 4 N–H and O–H groups in total. The third-order valence-corrected chi connectivity index (χ3v) is 7.43. The molecule has 1 aliphatic heterocycles. The van der Waals surface area contributed by atoms with Gasteiger partial charge in [0.15, 0.2) is 11.6 Å². The number of benzene rings is 1. The molecule has 15 heteroatoms. The van der Waals surface area contributed by atoms with E-state index in [1.807, 2.05) is 44.2 Å². The molecule has 0 saturated carbocycles. The van der Waals surface area contributed by atoms with E-state index in [9.17, 15) is 28.4 Å². The molecule has 0 bridgehead atoms. The molecular weight excluding hydrogens is 609 g/mol. The topological polar surface area (TPSA) is 180 Å². The lowest BCUT2D eigenvalue weighted by Gasteiger charge is -2.25. The number of hydrogen-bond donors (Lipinski definition) is 4. The van der Waals surface area contributed by atoms with Gasteiger partial charge in [-0.25, -0.2) is 14.1 Å². The SMILES string of the molecule is CC(C)C[C@H]1NC(=O)[C@@H](C)NC(=O)CN(C(=O)c2ccncc2F)CCCNC(=O)Cn2nc(-c3ccccc3)nc2[C@H](C)NC1=O. The average Bonchev–Trinajstić information content (AvgIpc) is 3.45. The lowest BCUT2D eigenvalue weighted by molar-refractivity contribution is -0.132. The first-order chi connectivity index (χ1) is 22.4. The zero-order valence-electron chi connectivity index (χ0n) is 26.8. The lowest BCUT2D eigenvalue weighted by Crippen LogP contribution is -2.54. The molecule has 5 amide bonds. The minimum absolute atomic E-state index is 0.00643. The largest absolute Gasteiger partial charge is 0.354 e. The Morgan fingerprint density at radius 2 is 1.70 bits per heavy atom. The van der Waals surface area contributed by atoms with Crippen LogP contribution in [0.5, 0.6) is 0 Å². The highest BCUT2D eigenvalue weighted by Gasteiger charge is 2.29. The Morgan fingerprint density at radius 3 is 2.40 bits per heavy atom. The molecule has 250 valence electrons. The molecule has 0 spiro atoms. The summed E-state index contributed by atoms with van der Waals surface area (Å²) in [5, 5.41) is 15.5. The highest BCUT2D eigenvalue weighted by Crippen LogP contribution is 2.19. The molecule has 0 aliphatic carbocycles. The minimum Gasteiger partial charge on any atom is -0.354 e. The summed E-state index contributed by atoms with van der Waals surface area (Å²) in [5.74, 6) is -3.03. The zero-order chi connectivity index (χ0) is 34.1. The molecule has 3 aromatic rings. The van der Waals surface area contributed by atoms with Gasteiger partial charge >= 0.3 is 0 Å². The van der Waals surface area contributed by atoms with Crippen LogP contribution in [0.2, 0.25) is 0 Å². The van der Waals surface area contributed by atoms with Crippen LogP contribution in [0.25, 0.3) is 11.4 Å². The van der Waals surface area contributed by atoms with E-state index >= 15 is 0 Å². The number of nitrogens with one attached hydrogen (secondary N) is 4. The standard InChI is InChI=1S/C32H40FN9O5/c1-19(2)15-25-31(46)37-20(3)29-39-28(22-9-6-5-7-10-22)40-42(29)18-26(43)35-12-8-14-41(17-27(44)36-21(4)30(45)38-25)32(47)23-11-13-34-16-24(23)33/h5-7,9-11,13,16,19-21,25H,8,12,14-15,17-18H2,1-4H3,(H,35,43)(H,36,44)(H,37,46)(H,38,45)/t20-,21+,25+/m0/s1. The molecular formula is C32H40FN9O5. The minimum atomic E-state index is -1.06. The fraction of sp³-hybridized carbons (Fsp3) is 0.438. The molecule has 0 radical (unpaired) electrons. The van der Waals surface area contributed by atoms with Gasteiger partial charge in [0.2, 0.25) is 23.6 Å². The summed E-state index contributed by atoms with van der Waals surface area (Å²) < 4.78 is 15.9. The smallest absolute Gasteiger partial charge is 0.257 e. The van der Waals surface area contributed by atoms with Crippen LogP contribution in [0.1, 0.15) is 62.8 Å². The van der Waals surface area contributed by atoms with Gasteiger partial charge in [0, 0.05) is 24.8 Å². The quantitative estimate of drug-likeness (QED) is 0.327. The predicted octanol–water partition coefficient (Wildman–Crippen LogP) is 1.35. The highest BCUT2D eigenvalue weighted by molar-refractivity contribution is 5.97. The van der Waals surface area contributed by atoms with E-state index in [0.717, 1.165) is 16.7 Å². The molecule has 0 unspecified atom stereocenters. The third-order valence-electron chi connectivity index (χ3n) is 7.43. The van der Waals surface area contributed by atoms with Crippen LogP contribution in [-0.2, 0) is 25.7 Å². The first-order valence-electron chi connectivity index (χ1n) is 15.5. The first kappa shape index (κ1) is 34.7. The normalized spacial score (nSPS) is 20.6. The maximum atomic E-state index is 14.4. The Bertz CT molecular complexity index is 1600. The van der Waals surface area contributed by atoms with Crippen molar-refractivity contribution < 1.29 is 28.4 Å². The van der Waals surface area contributed by atoms with Gasteiger partial charge in [-0.1, -0.05) is 44.2 Å². The summed E-state index contributed by atoms with van der Waals surface area (Å²) in [7, 11) is 0. The molecule has 1 aliphatic rings. The summed E-state index contributed by atoms with van der Waals surface area (Å²) in [6, 6.07) is 7.69. The summed E-state index contributed by atoms with van der Waals surface area (Å²) in [6.45, 7) is 6.40. The van der Waals surface area contributed by atoms with Crippen LogP contribution < -0.4 is 21.3 Å². The van der Waals surface area contributed by atoms with Gasteiger partial charge < -0.3 is 26.2 Å². The van der Waals surface area contributed by atoms with E-state index < -0.39 is 60.0 Å². The Balaban J connectivity index is 1.64. The molecule has 14 nitrogen and oxygen atoms in total. The molecule has 4 rings (SSSR count). The number of amides is 5. The molecule has 2 aromatic heterocycles. The monoisotopic (exact) mass is 649 g/mol. The second kappa shape index (κ2) is 15.9. The maximum Gasteiger partial charge on any atom is 0.257 e. The van der Waals surface area contributed by atoms with Gasteiger partial charge in [-0.15, -0.1) is 0 Å². The Morgan fingerprint density at radius 1 is 0.957 bits per heavy atom. The molecule has 1 aromatic carbocycles. The second-order valence-electron chi connectivity index (χ2n) is 11.8. The molecule has 47 heavy (non-hydrogen) atoms. The zero-order valence-corrected chi connectivity index (χ0v) is 26.8. The summed E-state index contributed by atoms with van der Waals surface area (Å²) in [4.78, 5) is 75.4. The number of pyridine rings is 1. The van der Waals surface area contributed by atoms with E-state index in [2.05, 4.69) is 36.3 Å². The van der Waals surface area contributed by atoms with Crippen molar-refractivity contribution in [3.05, 3.63) is 66.0 Å². The van der Waals surface area contributed by atoms with Gasteiger partial charge in [-0.05, 0) is 38.7 Å². The van der Waals surface area contributed by atoms with Crippen molar-refractivity contribution in [2.24, 2.45) is 5.92 Å². The molecule has 3 atom stereocenters. The van der Waals surface area contributed by atoms with Crippen LogP contribution in [0.4, 0.5) is 4.39 Å². The number of nitrogens with zero attached hydrogens (tertiary/aromatic N) is 5. The van der Waals surface area contributed by atoms with E-state index in [0.29, 0.717) is 18.1 Å². The molecule has 0 saturated heterocycles. The van der Waals surface area contributed by atoms with E-state index in [1.165, 1.54) is 23.9 Å². The van der Waals surface area contributed by atoms with E-state index in [1.54, 1.807) is 6.92 Å². The Labute approximate surface area is 271 Å². The highest BCUT2D eigenvalue weighted by atomic mass is 19.1. The number of fused-ring (bicyclic) bond motifs is 1. The molecule has 0 fully saturated rings. The first-order valence-corrected chi connectivity index (χ1v) is 15.5. The lowest BCUT2D eigenvalue weighted by atomic mass is 10.0. The summed E-state index contributed by atoms with van der Waals surface area (Å²) in [5.41, 5.74) is 0.447. The van der Waals surface area contributed by atoms with Gasteiger partial charge in [0.25, 0.3) is 5.91 Å². The number of halogens is 1. The Hall–Kier alpha value is -5.21. The van der Waals surface area contributed by atoms with Crippen LogP contribution in [0.3, 0.4) is 0 Å². The van der Waals surface area contributed by atoms with Crippen LogP contribution >= 0.6 is 0 Å². The van der Waals surface area contributed by atoms with Gasteiger partial charge in [0.1, 0.15) is 24.5 Å². The number of aromatic nitrogens is 4. The van der Waals surface area contributed by atoms with E-state index in [4.69, 9.17) is 0 Å². The van der Waals surface area contributed by atoms with Crippen molar-refractivity contribution in [2.45, 2.75) is 65.2 Å². The number of carbonyl (C=O) groups excluding carboxylic acids is 5. The van der Waals surface area contributed by atoms with Gasteiger partial charge in [-0.3, -0.25) is 29.0 Å². The maximum absolute atomic E-state index is 14.4. The van der Waals surface area contributed by atoms with Crippen molar-refractivity contribution in [1.82, 2.24) is 45.9 Å². The second-order valence-corrected chi connectivity index (χ2v) is 11.8. The van der Waals surface area contributed by atoms with Crippen molar-refractivity contribution in [3.63, 3.8) is 0 Å². The van der Waals surface area contributed by atoms with Crippen molar-refractivity contribution in [1.29, 1.82) is 0 Å². The van der Waals surface area contributed by atoms with Crippen molar-refractivity contribution in [2.75, 3.05) is 19.6 Å². The Kier molecular flexibility index (Phi) is 11.7. The fourth-order valence-corrected chi connectivity index (χ4v) is 5.07. The summed E-state index contributed by atoms with van der Waals surface area (Å²) >= 11 is 0. The van der Waals surface area contributed by atoms with Gasteiger partial charge in [-0.2, -0.15) is 5.10 Å². The van der Waals surface area contributed by atoms with Crippen LogP contribution in [-0.4, -0.2) is 85.9 Å². The van der Waals surface area contributed by atoms with Gasteiger partial charge in [0.05, 0.1) is 24.3 Å². The van der Waals surface area contributed by atoms with Crippen molar-refractivity contribution >= 4 is 29.5 Å². The fourth-order valence-electron chi connectivity index (χ4n) is 5.07. The number of hydrogen-bond acceptors (Lipinski definition) is 8. The van der Waals surface area contributed by atoms with Crippen LogP contribution in [0.15, 0.2) is 48.8 Å². The summed E-state index contributed by atoms with van der Waals surface area (Å²) in [6.07, 6.45) is 2.70. The molecule has 3 heterocycles. The number of rotatable bonds is 4. The predicted molar refractivity (Wildman–Crippen MR) is 169 cm³/mol. The third kappa shape index (κ3) is 9.40. The van der Waals surface area contributed by atoms with E-state index in [-0.39, 0.29) is 37.5 Å². The van der Waals surface area contributed by atoms with Crippen molar-refractivity contribution in [3.8, 4) is 11.4 Å². The number of carbonyl (C=O) groups is 5. The average molecular weight is 650 g/mol.